The molecule has 0 atom stereocenters. The zero-order valence-corrected chi connectivity index (χ0v) is 16.0. The number of rotatable bonds is 6. The van der Waals surface area contributed by atoms with Crippen LogP contribution < -0.4 is 10.0 Å². The van der Waals surface area contributed by atoms with Crippen molar-refractivity contribution in [1.29, 1.82) is 0 Å². The van der Waals surface area contributed by atoms with E-state index in [1.807, 2.05) is 42.5 Å². The van der Waals surface area contributed by atoms with Crippen LogP contribution in [0.1, 0.15) is 29.0 Å². The highest BCUT2D eigenvalue weighted by molar-refractivity contribution is 5.79. The van der Waals surface area contributed by atoms with Crippen molar-refractivity contribution in [1.82, 2.24) is 5.32 Å². The van der Waals surface area contributed by atoms with Crippen LogP contribution in [-0.4, -0.2) is 19.2 Å². The molecule has 2 aromatic carbocycles. The highest BCUT2D eigenvalue weighted by Gasteiger charge is 2.28. The summed E-state index contributed by atoms with van der Waals surface area (Å²) >= 11 is 0. The molecule has 0 saturated carbocycles. The van der Waals surface area contributed by atoms with Crippen LogP contribution >= 0.6 is 0 Å². The summed E-state index contributed by atoms with van der Waals surface area (Å²) in [5.74, 6) is 0.0601. The van der Waals surface area contributed by atoms with Crippen molar-refractivity contribution in [3.63, 3.8) is 0 Å². The number of ether oxygens (including phenoxy) is 1. The smallest absolute Gasteiger partial charge is 0.407 e. The van der Waals surface area contributed by atoms with E-state index in [1.54, 1.807) is 6.07 Å². The van der Waals surface area contributed by atoms with Gasteiger partial charge in [-0.15, -0.1) is 0 Å². The van der Waals surface area contributed by atoms with Gasteiger partial charge in [0.1, 0.15) is 6.61 Å². The highest BCUT2D eigenvalue weighted by atomic mass is 16.5. The summed E-state index contributed by atoms with van der Waals surface area (Å²) in [6, 6.07) is 20.1. The second-order valence-corrected chi connectivity index (χ2v) is 6.94. The normalized spacial score (nSPS) is 12.6. The average molecular weight is 386 g/mol. The molecule has 4 rings (SSSR count). The Labute approximate surface area is 169 Å². The SMILES string of the molecule is O=C(NCCC=Cc1ccc[n+]([O-])c1)OCC1c2ccccc2-c2ccccc21. The summed E-state index contributed by atoms with van der Waals surface area (Å²) in [7, 11) is 0. The van der Waals surface area contributed by atoms with E-state index in [0.717, 1.165) is 10.3 Å². The topological polar surface area (TPSA) is 65.3 Å². The predicted octanol–water partition coefficient (Wildman–Crippen LogP) is 4.26. The Morgan fingerprint density at radius 2 is 1.72 bits per heavy atom. The summed E-state index contributed by atoms with van der Waals surface area (Å²) in [5.41, 5.74) is 5.64. The Kier molecular flexibility index (Phi) is 5.56. The van der Waals surface area contributed by atoms with Crippen molar-refractivity contribution < 1.29 is 14.3 Å². The summed E-state index contributed by atoms with van der Waals surface area (Å²) in [6.45, 7) is 0.778. The Hall–Kier alpha value is -3.60. The van der Waals surface area contributed by atoms with Crippen LogP contribution in [0.3, 0.4) is 0 Å². The molecule has 1 aliphatic carbocycles. The molecule has 0 radical (unpaired) electrons. The molecule has 1 aliphatic rings. The monoisotopic (exact) mass is 386 g/mol. The van der Waals surface area contributed by atoms with Gasteiger partial charge in [0.05, 0.1) is 0 Å². The molecule has 0 unspecified atom stereocenters. The molecule has 29 heavy (non-hydrogen) atoms. The number of benzene rings is 2. The fraction of sp³-hybridized carbons (Fsp3) is 0.167. The number of amides is 1. The zero-order valence-electron chi connectivity index (χ0n) is 16.0. The molecule has 5 nitrogen and oxygen atoms in total. The fourth-order valence-electron chi connectivity index (χ4n) is 3.70. The number of fused-ring (bicyclic) bond motifs is 3. The second kappa shape index (κ2) is 8.61. The van der Waals surface area contributed by atoms with Crippen LogP contribution in [0.2, 0.25) is 0 Å². The molecule has 3 aromatic rings. The van der Waals surface area contributed by atoms with Gasteiger partial charge in [-0.2, -0.15) is 4.73 Å². The molecule has 0 aliphatic heterocycles. The lowest BCUT2D eigenvalue weighted by molar-refractivity contribution is -0.605. The van der Waals surface area contributed by atoms with E-state index in [0.29, 0.717) is 19.6 Å². The van der Waals surface area contributed by atoms with Gasteiger partial charge in [0.15, 0.2) is 12.4 Å². The van der Waals surface area contributed by atoms with Crippen LogP contribution in [0.15, 0.2) is 79.1 Å². The summed E-state index contributed by atoms with van der Waals surface area (Å²) in [6.07, 6.45) is 6.94. The van der Waals surface area contributed by atoms with E-state index in [4.69, 9.17) is 4.74 Å². The molecule has 0 spiro atoms. The van der Waals surface area contributed by atoms with Crippen LogP contribution in [0.4, 0.5) is 4.79 Å². The lowest BCUT2D eigenvalue weighted by Gasteiger charge is -2.14. The third kappa shape index (κ3) is 4.29. The Balaban J connectivity index is 1.28. The maximum absolute atomic E-state index is 12.1. The first-order chi connectivity index (χ1) is 14.2. The van der Waals surface area contributed by atoms with E-state index in [-0.39, 0.29) is 5.92 Å². The van der Waals surface area contributed by atoms with Gasteiger partial charge in [-0.25, -0.2) is 4.79 Å². The van der Waals surface area contributed by atoms with E-state index >= 15 is 0 Å². The molecule has 0 saturated heterocycles. The molecule has 1 N–H and O–H groups in total. The Morgan fingerprint density at radius 3 is 2.41 bits per heavy atom. The average Bonchev–Trinajstić information content (AvgIpc) is 3.06. The first-order valence-corrected chi connectivity index (χ1v) is 9.66. The molecular weight excluding hydrogens is 364 g/mol. The van der Waals surface area contributed by atoms with Crippen molar-refractivity contribution in [2.75, 3.05) is 13.2 Å². The summed E-state index contributed by atoms with van der Waals surface area (Å²) in [5, 5.41) is 14.0. The van der Waals surface area contributed by atoms with Crippen LogP contribution in [0, 0.1) is 5.21 Å². The van der Waals surface area contributed by atoms with Gasteiger partial charge in [0.2, 0.25) is 0 Å². The maximum Gasteiger partial charge on any atom is 0.407 e. The molecule has 1 aromatic heterocycles. The lowest BCUT2D eigenvalue weighted by atomic mass is 9.98. The summed E-state index contributed by atoms with van der Waals surface area (Å²) in [4.78, 5) is 12.1. The molecule has 5 heteroatoms. The summed E-state index contributed by atoms with van der Waals surface area (Å²) < 4.78 is 6.26. The van der Waals surface area contributed by atoms with Crippen molar-refractivity contribution >= 4 is 12.2 Å². The van der Waals surface area contributed by atoms with Gasteiger partial charge in [0, 0.05) is 24.1 Å². The minimum absolute atomic E-state index is 0.0601. The first-order valence-electron chi connectivity index (χ1n) is 9.66. The van der Waals surface area contributed by atoms with Crippen LogP contribution in [-0.2, 0) is 4.74 Å². The van der Waals surface area contributed by atoms with E-state index < -0.39 is 6.09 Å². The number of aromatic nitrogens is 1. The first kappa shape index (κ1) is 18.7. The van der Waals surface area contributed by atoms with Gasteiger partial charge < -0.3 is 15.3 Å². The van der Waals surface area contributed by atoms with Crippen molar-refractivity contribution in [2.24, 2.45) is 0 Å². The number of hydrogen-bond acceptors (Lipinski definition) is 3. The quantitative estimate of drug-likeness (QED) is 0.391. The maximum atomic E-state index is 12.1. The van der Waals surface area contributed by atoms with Gasteiger partial charge >= 0.3 is 6.09 Å². The molecular formula is C24H22N2O3. The Bertz CT molecular complexity index is 1000. The minimum atomic E-state index is -0.419. The molecule has 0 bridgehead atoms. The number of pyridine rings is 1. The highest BCUT2D eigenvalue weighted by Crippen LogP contribution is 2.44. The third-order valence-corrected chi connectivity index (χ3v) is 5.03. The fourth-order valence-corrected chi connectivity index (χ4v) is 3.70. The van der Waals surface area contributed by atoms with Gasteiger partial charge in [-0.05, 0) is 34.7 Å². The van der Waals surface area contributed by atoms with Crippen LogP contribution in [0.5, 0.6) is 0 Å². The van der Waals surface area contributed by atoms with Crippen molar-refractivity contribution in [2.45, 2.75) is 12.3 Å². The standard InChI is InChI=1S/C24H22N2O3/c27-24(25-14-6-5-8-18-9-7-15-26(28)16-18)29-17-23-21-12-3-1-10-19(21)20-11-2-4-13-22(20)23/h1-5,7-13,15-16,23H,6,14,17H2,(H,25,27). The van der Waals surface area contributed by atoms with Gasteiger partial charge in [-0.1, -0.05) is 60.7 Å². The lowest BCUT2D eigenvalue weighted by Crippen LogP contribution is -2.26. The minimum Gasteiger partial charge on any atom is -0.619 e. The largest absolute Gasteiger partial charge is 0.619 e. The van der Waals surface area contributed by atoms with E-state index in [2.05, 4.69) is 29.6 Å². The van der Waals surface area contributed by atoms with Crippen molar-refractivity contribution in [3.05, 3.63) is 101 Å². The number of carbonyl (C=O) groups is 1. The molecule has 0 fully saturated rings. The van der Waals surface area contributed by atoms with Gasteiger partial charge in [-0.3, -0.25) is 0 Å². The number of nitrogens with zero attached hydrogens (tertiary/aromatic N) is 1. The number of alkyl carbamates (subject to hydrolysis) is 1. The van der Waals surface area contributed by atoms with Gasteiger partial charge in [0.25, 0.3) is 0 Å². The number of nitrogens with one attached hydrogen (secondary N) is 1. The molecule has 1 amide bonds. The van der Waals surface area contributed by atoms with E-state index in [9.17, 15) is 10.0 Å². The Morgan fingerprint density at radius 1 is 1.03 bits per heavy atom. The number of carbonyl (C=O) groups excluding carboxylic acids is 1. The third-order valence-electron chi connectivity index (χ3n) is 5.03. The molecule has 146 valence electrons. The predicted molar refractivity (Wildman–Crippen MR) is 112 cm³/mol. The molecule has 1 heterocycles. The second-order valence-electron chi connectivity index (χ2n) is 6.94. The van der Waals surface area contributed by atoms with Crippen molar-refractivity contribution in [3.8, 4) is 11.1 Å². The number of hydrogen-bond donors (Lipinski definition) is 1. The van der Waals surface area contributed by atoms with E-state index in [1.165, 1.54) is 34.6 Å². The van der Waals surface area contributed by atoms with Crippen LogP contribution in [0.25, 0.3) is 17.2 Å². The zero-order chi connectivity index (χ0) is 20.1.